The summed E-state index contributed by atoms with van der Waals surface area (Å²) in [6.07, 6.45) is 2.09. The van der Waals surface area contributed by atoms with Crippen molar-refractivity contribution in [3.8, 4) is 0 Å². The van der Waals surface area contributed by atoms with Gasteiger partial charge in [0.15, 0.2) is 0 Å². The van der Waals surface area contributed by atoms with Crippen molar-refractivity contribution in [2.45, 2.75) is 31.3 Å². The predicted molar refractivity (Wildman–Crippen MR) is 42.2 cm³/mol. The molecule has 0 saturated heterocycles. The van der Waals surface area contributed by atoms with Gasteiger partial charge in [-0.25, -0.2) is 0 Å². The van der Waals surface area contributed by atoms with Crippen LogP contribution in [0.15, 0.2) is 0 Å². The van der Waals surface area contributed by atoms with E-state index in [0.717, 1.165) is 6.42 Å². The summed E-state index contributed by atoms with van der Waals surface area (Å²) in [4.78, 5) is 0. The Morgan fingerprint density at radius 2 is 1.90 bits per heavy atom. The van der Waals surface area contributed by atoms with E-state index in [-0.39, 0.29) is 18.7 Å². The van der Waals surface area contributed by atoms with Crippen LogP contribution in [0.2, 0.25) is 0 Å². The third-order valence-electron chi connectivity index (χ3n) is 1.48. The van der Waals surface area contributed by atoms with Crippen molar-refractivity contribution in [2.75, 3.05) is 6.61 Å². The fourth-order valence-corrected chi connectivity index (χ4v) is 0.790. The highest BCUT2D eigenvalue weighted by Gasteiger charge is 2.06. The third-order valence-corrected chi connectivity index (χ3v) is 1.48. The summed E-state index contributed by atoms with van der Waals surface area (Å²) >= 11 is 0. The lowest BCUT2D eigenvalue weighted by atomic mass is 10.0. The fourth-order valence-electron chi connectivity index (χ4n) is 0.790. The Morgan fingerprint density at radius 1 is 1.30 bits per heavy atom. The lowest BCUT2D eigenvalue weighted by molar-refractivity contribution is 0.270. The Bertz CT molecular complexity index is 78.0. The minimum atomic E-state index is 0.0294. The molecule has 0 aliphatic rings. The van der Waals surface area contributed by atoms with Crippen LogP contribution >= 0.6 is 0 Å². The van der Waals surface area contributed by atoms with E-state index >= 15 is 0 Å². The van der Waals surface area contributed by atoms with Crippen LogP contribution in [0.3, 0.4) is 0 Å². The summed E-state index contributed by atoms with van der Waals surface area (Å²) in [6, 6.07) is 0.114. The van der Waals surface area contributed by atoms with Crippen LogP contribution in [0.25, 0.3) is 0 Å². The van der Waals surface area contributed by atoms with Crippen molar-refractivity contribution in [1.82, 2.24) is 0 Å². The molecule has 0 fully saturated rings. The Balaban J connectivity index is 3.27. The maximum absolute atomic E-state index is 8.49. The second-order valence-electron chi connectivity index (χ2n) is 2.56. The van der Waals surface area contributed by atoms with Crippen molar-refractivity contribution in [3.05, 3.63) is 6.92 Å². The number of aliphatic hydroxyl groups is 1. The van der Waals surface area contributed by atoms with Crippen LogP contribution in [0.5, 0.6) is 0 Å². The first kappa shape index (κ1) is 9.88. The van der Waals surface area contributed by atoms with Crippen molar-refractivity contribution in [1.29, 1.82) is 0 Å². The Hall–Kier alpha value is -0.120. The van der Waals surface area contributed by atoms with Crippen LogP contribution in [-0.4, -0.2) is 23.8 Å². The zero-order valence-corrected chi connectivity index (χ0v) is 6.29. The third kappa shape index (κ3) is 4.73. The zero-order valence-electron chi connectivity index (χ0n) is 6.29. The summed E-state index contributed by atoms with van der Waals surface area (Å²) < 4.78 is 0. The number of rotatable bonds is 5. The minimum Gasteiger partial charge on any atom is -0.396 e. The molecule has 0 rings (SSSR count). The molecule has 0 saturated carbocycles. The average Bonchev–Trinajstić information content (AvgIpc) is 1.88. The van der Waals surface area contributed by atoms with E-state index < -0.39 is 0 Å². The average molecular weight is 145 g/mol. The van der Waals surface area contributed by atoms with E-state index in [2.05, 4.69) is 6.92 Å². The normalized spacial score (nSPS) is 16.8. The molecule has 0 aliphatic heterocycles. The van der Waals surface area contributed by atoms with E-state index in [1.165, 1.54) is 0 Å². The fraction of sp³-hybridized carbons (Fsp3) is 0.857. The molecule has 5 N–H and O–H groups in total. The molecule has 0 aromatic heterocycles. The Kier molecular flexibility index (Phi) is 5.58. The van der Waals surface area contributed by atoms with E-state index in [1.54, 1.807) is 0 Å². The second-order valence-corrected chi connectivity index (χ2v) is 2.56. The molecule has 3 heteroatoms. The van der Waals surface area contributed by atoms with Gasteiger partial charge in [0.05, 0.1) is 0 Å². The SMILES string of the molecule is [CH2]CC(N)CC(N)CCO. The number of aliphatic hydroxyl groups excluding tert-OH is 1. The van der Waals surface area contributed by atoms with E-state index in [1.807, 2.05) is 0 Å². The first-order chi connectivity index (χ1) is 4.70. The van der Waals surface area contributed by atoms with Crippen molar-refractivity contribution in [2.24, 2.45) is 11.5 Å². The second kappa shape index (κ2) is 5.65. The maximum atomic E-state index is 8.49. The lowest BCUT2D eigenvalue weighted by Crippen LogP contribution is -2.31. The number of nitrogens with two attached hydrogens (primary N) is 2. The minimum absolute atomic E-state index is 0.0294. The van der Waals surface area contributed by atoms with Gasteiger partial charge in [0.2, 0.25) is 0 Å². The van der Waals surface area contributed by atoms with Crippen molar-refractivity contribution >= 4 is 0 Å². The molecule has 0 spiro atoms. The molecule has 0 aromatic rings. The molecule has 0 bridgehead atoms. The Morgan fingerprint density at radius 3 is 2.30 bits per heavy atom. The topological polar surface area (TPSA) is 72.3 Å². The lowest BCUT2D eigenvalue weighted by Gasteiger charge is -2.13. The zero-order chi connectivity index (χ0) is 7.98. The van der Waals surface area contributed by atoms with E-state index in [9.17, 15) is 0 Å². The van der Waals surface area contributed by atoms with E-state index in [0.29, 0.717) is 12.8 Å². The highest BCUT2D eigenvalue weighted by atomic mass is 16.3. The molecular formula is C7H17N2O. The Labute approximate surface area is 62.4 Å². The van der Waals surface area contributed by atoms with Crippen molar-refractivity contribution in [3.63, 3.8) is 0 Å². The highest BCUT2D eigenvalue weighted by Crippen LogP contribution is 1.99. The molecule has 0 amide bonds. The monoisotopic (exact) mass is 145 g/mol. The molecule has 0 heterocycles. The van der Waals surface area contributed by atoms with Crippen LogP contribution < -0.4 is 11.5 Å². The van der Waals surface area contributed by atoms with Gasteiger partial charge in [-0.15, -0.1) is 0 Å². The number of hydrogen-bond donors (Lipinski definition) is 3. The van der Waals surface area contributed by atoms with Crippen LogP contribution in [0, 0.1) is 6.92 Å². The molecule has 0 aromatic carbocycles. The number of hydrogen-bond acceptors (Lipinski definition) is 3. The van der Waals surface area contributed by atoms with Gasteiger partial charge in [-0.1, -0.05) is 6.92 Å². The summed E-state index contributed by atoms with van der Waals surface area (Å²) in [6.45, 7) is 3.80. The predicted octanol–water partition coefficient (Wildman–Crippen LogP) is -0.362. The van der Waals surface area contributed by atoms with Crippen LogP contribution in [0.4, 0.5) is 0 Å². The van der Waals surface area contributed by atoms with Gasteiger partial charge in [-0.2, -0.15) is 0 Å². The molecule has 10 heavy (non-hydrogen) atoms. The summed E-state index contributed by atoms with van der Waals surface area (Å²) in [5.74, 6) is 0. The summed E-state index contributed by atoms with van der Waals surface area (Å²) in [7, 11) is 0. The van der Waals surface area contributed by atoms with Crippen LogP contribution in [-0.2, 0) is 0 Å². The van der Waals surface area contributed by atoms with Gasteiger partial charge in [0, 0.05) is 18.7 Å². The van der Waals surface area contributed by atoms with Crippen LogP contribution in [0.1, 0.15) is 19.3 Å². The smallest absolute Gasteiger partial charge is 0.0445 e. The largest absolute Gasteiger partial charge is 0.396 e. The van der Waals surface area contributed by atoms with Gasteiger partial charge >= 0.3 is 0 Å². The first-order valence-electron chi connectivity index (χ1n) is 3.62. The molecule has 1 radical (unpaired) electrons. The summed E-state index contributed by atoms with van der Waals surface area (Å²) in [5, 5.41) is 8.49. The molecular weight excluding hydrogens is 128 g/mol. The molecule has 61 valence electrons. The summed E-state index contributed by atoms with van der Waals surface area (Å²) in [5.41, 5.74) is 11.2. The van der Waals surface area contributed by atoms with Gasteiger partial charge < -0.3 is 16.6 Å². The first-order valence-corrected chi connectivity index (χ1v) is 3.62. The standard InChI is InChI=1S/C7H17N2O/c1-2-6(8)5-7(9)3-4-10/h6-7,10H,1-5,8-9H2. The molecule has 0 aliphatic carbocycles. The molecule has 2 atom stereocenters. The van der Waals surface area contributed by atoms with Gasteiger partial charge in [0.1, 0.15) is 0 Å². The van der Waals surface area contributed by atoms with E-state index in [4.69, 9.17) is 16.6 Å². The maximum Gasteiger partial charge on any atom is 0.0445 e. The molecule has 2 unspecified atom stereocenters. The highest BCUT2D eigenvalue weighted by molar-refractivity contribution is 4.70. The van der Waals surface area contributed by atoms with Gasteiger partial charge in [-0.05, 0) is 19.3 Å². The van der Waals surface area contributed by atoms with Crippen molar-refractivity contribution < 1.29 is 5.11 Å². The quantitative estimate of drug-likeness (QED) is 0.494. The molecule has 3 nitrogen and oxygen atoms in total. The van der Waals surface area contributed by atoms with Gasteiger partial charge in [0.25, 0.3) is 0 Å². The van der Waals surface area contributed by atoms with Gasteiger partial charge in [-0.3, -0.25) is 0 Å².